The topological polar surface area (TPSA) is 71.1 Å². The SMILES string of the molecule is Cc1cc(C)cc(NC(=O)CCC(=O)Nc2nccs2)c1. The molecule has 110 valence electrons. The lowest BCUT2D eigenvalue weighted by atomic mass is 10.1. The Morgan fingerprint density at radius 3 is 2.24 bits per heavy atom. The van der Waals surface area contributed by atoms with Gasteiger partial charge in [0.05, 0.1) is 0 Å². The zero-order valence-electron chi connectivity index (χ0n) is 12.0. The maximum Gasteiger partial charge on any atom is 0.226 e. The van der Waals surface area contributed by atoms with Crippen molar-refractivity contribution >= 4 is 34.0 Å². The van der Waals surface area contributed by atoms with Crippen LogP contribution in [0.25, 0.3) is 0 Å². The lowest BCUT2D eigenvalue weighted by molar-refractivity contribution is -0.121. The number of rotatable bonds is 5. The van der Waals surface area contributed by atoms with Gasteiger partial charge in [-0.3, -0.25) is 9.59 Å². The van der Waals surface area contributed by atoms with E-state index in [9.17, 15) is 9.59 Å². The van der Waals surface area contributed by atoms with E-state index in [1.165, 1.54) is 11.3 Å². The Morgan fingerprint density at radius 1 is 1.05 bits per heavy atom. The minimum absolute atomic E-state index is 0.135. The van der Waals surface area contributed by atoms with Crippen LogP contribution in [0.2, 0.25) is 0 Å². The fourth-order valence-corrected chi connectivity index (χ4v) is 2.51. The van der Waals surface area contributed by atoms with E-state index in [0.717, 1.165) is 16.8 Å². The molecule has 0 aliphatic heterocycles. The minimum Gasteiger partial charge on any atom is -0.326 e. The molecule has 0 spiro atoms. The van der Waals surface area contributed by atoms with Crippen LogP contribution in [-0.4, -0.2) is 16.8 Å². The number of nitrogens with zero attached hydrogens (tertiary/aromatic N) is 1. The van der Waals surface area contributed by atoms with Crippen LogP contribution >= 0.6 is 11.3 Å². The molecule has 5 nitrogen and oxygen atoms in total. The van der Waals surface area contributed by atoms with E-state index in [0.29, 0.717) is 5.13 Å². The highest BCUT2D eigenvalue weighted by Gasteiger charge is 2.09. The Labute approximate surface area is 127 Å². The summed E-state index contributed by atoms with van der Waals surface area (Å²) in [5.41, 5.74) is 2.94. The van der Waals surface area contributed by atoms with E-state index in [1.807, 2.05) is 32.0 Å². The first-order valence-electron chi connectivity index (χ1n) is 6.60. The van der Waals surface area contributed by atoms with Crippen LogP contribution < -0.4 is 10.6 Å². The van der Waals surface area contributed by atoms with Crippen LogP contribution in [0.4, 0.5) is 10.8 Å². The third kappa shape index (κ3) is 5.00. The van der Waals surface area contributed by atoms with Gasteiger partial charge in [0, 0.05) is 30.1 Å². The predicted molar refractivity (Wildman–Crippen MR) is 84.5 cm³/mol. The molecule has 2 N–H and O–H groups in total. The Kier molecular flexibility index (Phi) is 5.05. The average molecular weight is 303 g/mol. The second kappa shape index (κ2) is 6.99. The summed E-state index contributed by atoms with van der Waals surface area (Å²) in [6, 6.07) is 5.85. The standard InChI is InChI=1S/C15H17N3O2S/c1-10-7-11(2)9-12(8-10)17-13(19)3-4-14(20)18-15-16-5-6-21-15/h5-9H,3-4H2,1-2H3,(H,17,19)(H,16,18,20). The average Bonchev–Trinajstić information content (AvgIpc) is 2.88. The summed E-state index contributed by atoms with van der Waals surface area (Å²) in [5, 5.41) is 7.78. The molecule has 2 rings (SSSR count). The predicted octanol–water partition coefficient (Wildman–Crippen LogP) is 3.12. The number of amides is 2. The van der Waals surface area contributed by atoms with Crippen LogP contribution in [0.1, 0.15) is 24.0 Å². The van der Waals surface area contributed by atoms with Crippen molar-refractivity contribution in [1.82, 2.24) is 4.98 Å². The van der Waals surface area contributed by atoms with Crippen LogP contribution in [0.3, 0.4) is 0 Å². The monoisotopic (exact) mass is 303 g/mol. The number of aromatic nitrogens is 1. The molecule has 21 heavy (non-hydrogen) atoms. The van der Waals surface area contributed by atoms with E-state index >= 15 is 0 Å². The van der Waals surface area contributed by atoms with Gasteiger partial charge in [-0.2, -0.15) is 0 Å². The van der Waals surface area contributed by atoms with Crippen molar-refractivity contribution in [2.75, 3.05) is 10.6 Å². The number of carbonyl (C=O) groups excluding carboxylic acids is 2. The summed E-state index contributed by atoms with van der Waals surface area (Å²) in [6.07, 6.45) is 1.90. The molecule has 1 heterocycles. The van der Waals surface area contributed by atoms with Crippen LogP contribution in [0.15, 0.2) is 29.8 Å². The Balaban J connectivity index is 1.80. The van der Waals surface area contributed by atoms with Gasteiger partial charge >= 0.3 is 0 Å². The van der Waals surface area contributed by atoms with E-state index < -0.39 is 0 Å². The molecule has 0 saturated carbocycles. The number of hydrogen-bond donors (Lipinski definition) is 2. The molecular weight excluding hydrogens is 286 g/mol. The maximum atomic E-state index is 11.8. The van der Waals surface area contributed by atoms with Gasteiger partial charge in [0.25, 0.3) is 0 Å². The number of carbonyl (C=O) groups is 2. The smallest absolute Gasteiger partial charge is 0.226 e. The molecule has 0 saturated heterocycles. The van der Waals surface area contributed by atoms with Crippen molar-refractivity contribution in [3.05, 3.63) is 40.9 Å². The molecule has 6 heteroatoms. The summed E-state index contributed by atoms with van der Waals surface area (Å²) in [4.78, 5) is 27.4. The van der Waals surface area contributed by atoms with Gasteiger partial charge in [0.2, 0.25) is 11.8 Å². The van der Waals surface area contributed by atoms with Crippen LogP contribution in [0, 0.1) is 13.8 Å². The summed E-state index contributed by atoms with van der Waals surface area (Å²) in [6.45, 7) is 3.95. The normalized spacial score (nSPS) is 10.2. The van der Waals surface area contributed by atoms with Gasteiger partial charge in [0.15, 0.2) is 5.13 Å². The lowest BCUT2D eigenvalue weighted by Gasteiger charge is -2.07. The first-order chi connectivity index (χ1) is 10.0. The second-order valence-corrected chi connectivity index (χ2v) is 5.70. The van der Waals surface area contributed by atoms with Crippen molar-refractivity contribution in [3.63, 3.8) is 0 Å². The minimum atomic E-state index is -0.208. The fraction of sp³-hybridized carbons (Fsp3) is 0.267. The Bertz CT molecular complexity index is 618. The van der Waals surface area contributed by atoms with Gasteiger partial charge < -0.3 is 10.6 Å². The number of anilines is 2. The fourth-order valence-electron chi connectivity index (χ4n) is 1.96. The lowest BCUT2D eigenvalue weighted by Crippen LogP contribution is -2.17. The largest absolute Gasteiger partial charge is 0.326 e. The number of aryl methyl sites for hydroxylation is 2. The zero-order chi connectivity index (χ0) is 15.2. The van der Waals surface area contributed by atoms with Crippen molar-refractivity contribution in [2.45, 2.75) is 26.7 Å². The van der Waals surface area contributed by atoms with Gasteiger partial charge in [-0.15, -0.1) is 11.3 Å². The van der Waals surface area contributed by atoms with Crippen LogP contribution in [0.5, 0.6) is 0 Å². The van der Waals surface area contributed by atoms with Crippen LogP contribution in [-0.2, 0) is 9.59 Å². The summed E-state index contributed by atoms with van der Waals surface area (Å²) < 4.78 is 0. The van der Waals surface area contributed by atoms with Gasteiger partial charge in [-0.25, -0.2) is 4.98 Å². The molecule has 0 bridgehead atoms. The van der Waals surface area contributed by atoms with E-state index in [-0.39, 0.29) is 24.7 Å². The molecule has 2 amide bonds. The zero-order valence-corrected chi connectivity index (χ0v) is 12.8. The maximum absolute atomic E-state index is 11.8. The molecule has 1 aromatic heterocycles. The summed E-state index contributed by atoms with van der Waals surface area (Å²) in [5.74, 6) is -0.380. The molecule has 1 aromatic carbocycles. The number of hydrogen-bond acceptors (Lipinski definition) is 4. The molecule has 0 unspecified atom stereocenters. The van der Waals surface area contributed by atoms with Crippen molar-refractivity contribution in [2.24, 2.45) is 0 Å². The van der Waals surface area contributed by atoms with Crippen molar-refractivity contribution in [1.29, 1.82) is 0 Å². The molecule has 0 fully saturated rings. The molecule has 0 aliphatic rings. The van der Waals surface area contributed by atoms with E-state index in [4.69, 9.17) is 0 Å². The van der Waals surface area contributed by atoms with E-state index in [1.54, 1.807) is 11.6 Å². The second-order valence-electron chi connectivity index (χ2n) is 4.81. The number of nitrogens with one attached hydrogen (secondary N) is 2. The molecule has 0 aliphatic carbocycles. The van der Waals surface area contributed by atoms with Crippen molar-refractivity contribution < 1.29 is 9.59 Å². The summed E-state index contributed by atoms with van der Waals surface area (Å²) >= 11 is 1.35. The van der Waals surface area contributed by atoms with Crippen molar-refractivity contribution in [3.8, 4) is 0 Å². The number of thiazole rings is 1. The third-order valence-corrected chi connectivity index (χ3v) is 3.45. The Morgan fingerprint density at radius 2 is 1.67 bits per heavy atom. The quantitative estimate of drug-likeness (QED) is 0.891. The first-order valence-corrected chi connectivity index (χ1v) is 7.48. The molecule has 2 aromatic rings. The van der Waals surface area contributed by atoms with Gasteiger partial charge in [-0.1, -0.05) is 6.07 Å². The molecule has 0 radical (unpaired) electrons. The van der Waals surface area contributed by atoms with Gasteiger partial charge in [0.1, 0.15) is 0 Å². The first kappa shape index (κ1) is 15.2. The summed E-state index contributed by atoms with van der Waals surface area (Å²) in [7, 11) is 0. The highest BCUT2D eigenvalue weighted by molar-refractivity contribution is 7.13. The number of benzene rings is 1. The highest BCUT2D eigenvalue weighted by atomic mass is 32.1. The van der Waals surface area contributed by atoms with Gasteiger partial charge in [-0.05, 0) is 37.1 Å². The molecule has 0 atom stereocenters. The Hall–Kier alpha value is -2.21. The van der Waals surface area contributed by atoms with E-state index in [2.05, 4.69) is 15.6 Å². The third-order valence-electron chi connectivity index (χ3n) is 2.76. The molecular formula is C15H17N3O2S. The highest BCUT2D eigenvalue weighted by Crippen LogP contribution is 2.14.